The molecule has 0 aliphatic heterocycles. The summed E-state index contributed by atoms with van der Waals surface area (Å²) in [6.45, 7) is 5.65. The van der Waals surface area contributed by atoms with Gasteiger partial charge in [-0.25, -0.2) is 0 Å². The Labute approximate surface area is 79.8 Å². The first-order valence-electron chi connectivity index (χ1n) is 4.36. The van der Waals surface area contributed by atoms with E-state index in [9.17, 15) is 4.79 Å². The van der Waals surface area contributed by atoms with Gasteiger partial charge in [0, 0.05) is 5.56 Å². The number of benzene rings is 1. The lowest BCUT2D eigenvalue weighted by Crippen LogP contribution is -1.92. The van der Waals surface area contributed by atoms with Crippen LogP contribution in [0.5, 0.6) is 0 Å². The van der Waals surface area contributed by atoms with Crippen LogP contribution in [0.1, 0.15) is 31.1 Å². The third-order valence-electron chi connectivity index (χ3n) is 1.27. The summed E-state index contributed by atoms with van der Waals surface area (Å²) in [7, 11) is 0. The molecule has 0 heterocycles. The Balaban J connectivity index is 0.000000671. The zero-order valence-corrected chi connectivity index (χ0v) is 8.29. The average molecular weight is 174 g/mol. The molecule has 1 nitrogen and oxygen atoms in total. The van der Waals surface area contributed by atoms with E-state index >= 15 is 0 Å². The smallest absolute Gasteiger partial charge is 0.235 e. The normalized spacial score (nSPS) is 7.31. The van der Waals surface area contributed by atoms with Crippen LogP contribution in [0, 0.1) is 11.8 Å². The highest BCUT2D eigenvalue weighted by molar-refractivity contribution is 6.08. The first-order valence-corrected chi connectivity index (χ1v) is 4.36. The van der Waals surface area contributed by atoms with Gasteiger partial charge in [0.1, 0.15) is 0 Å². The molecule has 0 atom stereocenters. The molecule has 1 aromatic carbocycles. The average Bonchev–Trinajstić information content (AvgIpc) is 2.23. The Kier molecular flexibility index (Phi) is 6.27. The number of Topliss-reactive ketones (excluding diaryl/α,β-unsaturated/α-hetero) is 1. The number of hydrogen-bond donors (Lipinski definition) is 0. The van der Waals surface area contributed by atoms with Crippen LogP contribution in [0.3, 0.4) is 0 Å². The maximum Gasteiger partial charge on any atom is 0.235 e. The first kappa shape index (κ1) is 11.4. The molecule has 0 fully saturated rings. The van der Waals surface area contributed by atoms with Crippen LogP contribution < -0.4 is 0 Å². The van der Waals surface area contributed by atoms with Gasteiger partial charge in [0.05, 0.1) is 0 Å². The van der Waals surface area contributed by atoms with Gasteiger partial charge in [0.2, 0.25) is 5.78 Å². The number of hydrogen-bond acceptors (Lipinski definition) is 1. The monoisotopic (exact) mass is 174 g/mol. The molecule has 0 aliphatic rings. The van der Waals surface area contributed by atoms with Crippen molar-refractivity contribution in [3.8, 4) is 11.8 Å². The van der Waals surface area contributed by atoms with E-state index in [2.05, 4.69) is 11.8 Å². The van der Waals surface area contributed by atoms with Crippen molar-refractivity contribution in [2.24, 2.45) is 0 Å². The number of carbonyl (C=O) groups is 1. The number of rotatable bonds is 1. The Hall–Kier alpha value is -1.55. The van der Waals surface area contributed by atoms with Gasteiger partial charge < -0.3 is 0 Å². The predicted molar refractivity (Wildman–Crippen MR) is 55.6 cm³/mol. The lowest BCUT2D eigenvalue weighted by Gasteiger charge is -1.89. The van der Waals surface area contributed by atoms with Crippen molar-refractivity contribution < 1.29 is 4.79 Å². The lowest BCUT2D eigenvalue weighted by atomic mass is 10.1. The van der Waals surface area contributed by atoms with Crippen molar-refractivity contribution in [2.45, 2.75) is 20.8 Å². The van der Waals surface area contributed by atoms with Crippen molar-refractivity contribution in [3.63, 3.8) is 0 Å². The predicted octanol–water partition coefficient (Wildman–Crippen LogP) is 2.92. The fraction of sp³-hybridized carbons (Fsp3) is 0.250. The summed E-state index contributed by atoms with van der Waals surface area (Å²) in [6, 6.07) is 9.03. The van der Waals surface area contributed by atoms with Crippen LogP contribution in [0.25, 0.3) is 0 Å². The summed E-state index contributed by atoms with van der Waals surface area (Å²) in [4.78, 5) is 11.1. The van der Waals surface area contributed by atoms with Crippen LogP contribution in [0.2, 0.25) is 0 Å². The molecule has 13 heavy (non-hydrogen) atoms. The van der Waals surface area contributed by atoms with E-state index in [1.165, 1.54) is 0 Å². The zero-order valence-electron chi connectivity index (χ0n) is 8.29. The van der Waals surface area contributed by atoms with E-state index < -0.39 is 0 Å². The molecular weight excluding hydrogens is 160 g/mol. The molecule has 0 aliphatic carbocycles. The minimum Gasteiger partial charge on any atom is -0.279 e. The van der Waals surface area contributed by atoms with Gasteiger partial charge in [-0.3, -0.25) is 4.79 Å². The topological polar surface area (TPSA) is 17.1 Å². The molecule has 0 saturated heterocycles. The molecule has 0 amide bonds. The van der Waals surface area contributed by atoms with Crippen LogP contribution in [-0.2, 0) is 0 Å². The Morgan fingerprint density at radius 3 is 2.15 bits per heavy atom. The molecule has 0 saturated carbocycles. The lowest BCUT2D eigenvalue weighted by molar-refractivity contribution is 0.105. The molecule has 0 radical (unpaired) electrons. The summed E-state index contributed by atoms with van der Waals surface area (Å²) in [5, 5.41) is 0. The second-order valence-electron chi connectivity index (χ2n) is 2.07. The molecule has 0 aromatic heterocycles. The second kappa shape index (κ2) is 7.12. The van der Waals surface area contributed by atoms with Crippen LogP contribution in [0.4, 0.5) is 0 Å². The van der Waals surface area contributed by atoms with E-state index in [1.807, 2.05) is 32.0 Å². The van der Waals surface area contributed by atoms with E-state index in [4.69, 9.17) is 0 Å². The molecule has 0 bridgehead atoms. The van der Waals surface area contributed by atoms with Crippen molar-refractivity contribution in [1.29, 1.82) is 0 Å². The largest absolute Gasteiger partial charge is 0.279 e. The van der Waals surface area contributed by atoms with Gasteiger partial charge in [-0.1, -0.05) is 50.1 Å². The highest BCUT2D eigenvalue weighted by atomic mass is 16.1. The first-order chi connectivity index (χ1) is 6.34. The van der Waals surface area contributed by atoms with Crippen molar-refractivity contribution in [1.82, 2.24) is 0 Å². The van der Waals surface area contributed by atoms with Crippen LogP contribution >= 0.6 is 0 Å². The van der Waals surface area contributed by atoms with Crippen molar-refractivity contribution in [2.75, 3.05) is 0 Å². The van der Waals surface area contributed by atoms with Crippen LogP contribution in [-0.4, -0.2) is 5.78 Å². The summed E-state index contributed by atoms with van der Waals surface area (Å²) in [5.74, 6) is 4.92. The molecule has 1 aromatic rings. The Bertz CT molecular complexity index is 301. The summed E-state index contributed by atoms with van der Waals surface area (Å²) < 4.78 is 0. The minimum atomic E-state index is -0.117. The fourth-order valence-corrected chi connectivity index (χ4v) is 0.775. The molecule has 0 N–H and O–H groups in total. The van der Waals surface area contributed by atoms with Crippen LogP contribution in [0.15, 0.2) is 30.3 Å². The maximum absolute atomic E-state index is 11.1. The van der Waals surface area contributed by atoms with Crippen molar-refractivity contribution in [3.05, 3.63) is 35.9 Å². The minimum absolute atomic E-state index is 0.117. The third kappa shape index (κ3) is 4.12. The molecule has 1 rings (SSSR count). The van der Waals surface area contributed by atoms with E-state index in [0.717, 1.165) is 0 Å². The molecule has 68 valence electrons. The number of ketones is 1. The second-order valence-corrected chi connectivity index (χ2v) is 2.07. The van der Waals surface area contributed by atoms with E-state index in [0.29, 0.717) is 5.56 Å². The summed E-state index contributed by atoms with van der Waals surface area (Å²) in [6.07, 6.45) is 0. The summed E-state index contributed by atoms with van der Waals surface area (Å²) >= 11 is 0. The molecule has 1 heteroatoms. The van der Waals surface area contributed by atoms with Gasteiger partial charge in [-0.05, 0) is 12.8 Å². The highest BCUT2D eigenvalue weighted by Crippen LogP contribution is 1.97. The Morgan fingerprint density at radius 1 is 1.15 bits per heavy atom. The molecular formula is C12H14O. The van der Waals surface area contributed by atoms with E-state index in [-0.39, 0.29) is 5.78 Å². The standard InChI is InChI=1S/C10H8O.C2H6/c1-2-6-10(11)9-7-4-3-5-8-9;1-2/h3-5,7-8H,1H3;1-2H3. The highest BCUT2D eigenvalue weighted by Gasteiger charge is 1.97. The quantitative estimate of drug-likeness (QED) is 0.363. The van der Waals surface area contributed by atoms with Gasteiger partial charge in [0.15, 0.2) is 0 Å². The Morgan fingerprint density at radius 2 is 1.69 bits per heavy atom. The van der Waals surface area contributed by atoms with E-state index in [1.54, 1.807) is 19.1 Å². The van der Waals surface area contributed by atoms with Gasteiger partial charge in [-0.2, -0.15) is 0 Å². The van der Waals surface area contributed by atoms with Gasteiger partial charge in [-0.15, -0.1) is 0 Å². The van der Waals surface area contributed by atoms with Gasteiger partial charge in [0.25, 0.3) is 0 Å². The molecule has 0 unspecified atom stereocenters. The maximum atomic E-state index is 11.1. The SMILES string of the molecule is CC.CC#CC(=O)c1ccccc1. The van der Waals surface area contributed by atoms with Crippen molar-refractivity contribution >= 4 is 5.78 Å². The zero-order chi connectivity index (χ0) is 10.1. The summed E-state index contributed by atoms with van der Waals surface area (Å²) in [5.41, 5.74) is 0.654. The number of carbonyl (C=O) groups excluding carboxylic acids is 1. The third-order valence-corrected chi connectivity index (χ3v) is 1.27. The molecule has 0 spiro atoms. The van der Waals surface area contributed by atoms with Gasteiger partial charge >= 0.3 is 0 Å². The fourth-order valence-electron chi connectivity index (χ4n) is 0.775.